The molecule has 3 nitrogen and oxygen atoms in total. The number of amidine groups is 1. The van der Waals surface area contributed by atoms with Crippen LogP contribution in [0.15, 0.2) is 4.99 Å². The first-order valence-electron chi connectivity index (χ1n) is 2.82. The smallest absolute Gasteiger partial charge is 0.125 e. The van der Waals surface area contributed by atoms with Crippen LogP contribution in [0.4, 0.5) is 0 Å². The van der Waals surface area contributed by atoms with E-state index >= 15 is 0 Å². The quantitative estimate of drug-likeness (QED) is 0.434. The zero-order chi connectivity index (χ0) is 7.49. The predicted molar refractivity (Wildman–Crippen MR) is 38.6 cm³/mol. The van der Waals surface area contributed by atoms with Crippen molar-refractivity contribution in [2.45, 2.75) is 19.4 Å². The first-order valence-corrected chi connectivity index (χ1v) is 2.82. The summed E-state index contributed by atoms with van der Waals surface area (Å²) >= 11 is 0. The molecule has 0 aromatic carbocycles. The Bertz CT molecular complexity index is 118. The molecule has 0 bridgehead atoms. The largest absolute Gasteiger partial charge is 0.385 e. The summed E-state index contributed by atoms with van der Waals surface area (Å²) in [6, 6.07) is 0. The minimum Gasteiger partial charge on any atom is -0.385 e. The average Bonchev–Trinajstić information content (AvgIpc) is 1.86. The third-order valence-electron chi connectivity index (χ3n) is 1.37. The highest BCUT2D eigenvalue weighted by molar-refractivity contribution is 5.88. The van der Waals surface area contributed by atoms with Gasteiger partial charge >= 0.3 is 0 Å². The summed E-state index contributed by atoms with van der Waals surface area (Å²) in [7, 11) is 3.26. The molecule has 0 amide bonds. The fourth-order valence-electron chi connectivity index (χ4n) is 0.374. The number of rotatable bonds is 2. The molecule has 0 atom stereocenters. The maximum absolute atomic E-state index is 5.49. The van der Waals surface area contributed by atoms with E-state index in [1.807, 2.05) is 13.8 Å². The summed E-state index contributed by atoms with van der Waals surface area (Å²) in [6.07, 6.45) is 0. The van der Waals surface area contributed by atoms with Gasteiger partial charge in [-0.05, 0) is 13.8 Å². The molecule has 0 rings (SSSR count). The van der Waals surface area contributed by atoms with Crippen molar-refractivity contribution in [1.29, 1.82) is 0 Å². The number of aliphatic imine (C=N–C) groups is 1. The van der Waals surface area contributed by atoms with Crippen molar-refractivity contribution in [2.75, 3.05) is 14.2 Å². The Morgan fingerprint density at radius 1 is 1.56 bits per heavy atom. The molecule has 0 aliphatic heterocycles. The second-order valence-corrected chi connectivity index (χ2v) is 2.32. The van der Waals surface area contributed by atoms with E-state index in [-0.39, 0.29) is 0 Å². The van der Waals surface area contributed by atoms with Crippen molar-refractivity contribution < 1.29 is 4.74 Å². The number of methoxy groups -OCH3 is 1. The predicted octanol–water partition coefficient (Wildman–Crippen LogP) is 0.398. The summed E-state index contributed by atoms with van der Waals surface area (Å²) < 4.78 is 5.03. The molecule has 0 heterocycles. The summed E-state index contributed by atoms with van der Waals surface area (Å²) in [4.78, 5) is 3.80. The Labute approximate surface area is 55.9 Å². The molecule has 0 aromatic heterocycles. The number of nitrogens with two attached hydrogens (primary N) is 1. The molecule has 54 valence electrons. The summed E-state index contributed by atoms with van der Waals surface area (Å²) in [5.41, 5.74) is 5.06. The van der Waals surface area contributed by atoms with E-state index in [1.165, 1.54) is 0 Å². The van der Waals surface area contributed by atoms with Gasteiger partial charge in [-0.2, -0.15) is 0 Å². The highest BCUT2D eigenvalue weighted by Crippen LogP contribution is 2.05. The van der Waals surface area contributed by atoms with Crippen molar-refractivity contribution in [1.82, 2.24) is 0 Å². The Morgan fingerprint density at radius 3 is 2.11 bits per heavy atom. The van der Waals surface area contributed by atoms with E-state index in [2.05, 4.69) is 4.99 Å². The average molecular weight is 130 g/mol. The van der Waals surface area contributed by atoms with E-state index in [9.17, 15) is 0 Å². The second-order valence-electron chi connectivity index (χ2n) is 2.32. The van der Waals surface area contributed by atoms with Gasteiger partial charge in [-0.15, -0.1) is 0 Å². The Kier molecular flexibility index (Phi) is 2.65. The van der Waals surface area contributed by atoms with Crippen LogP contribution >= 0.6 is 0 Å². The van der Waals surface area contributed by atoms with Gasteiger partial charge in [0.05, 0.1) is 0 Å². The number of nitrogens with zero attached hydrogens (tertiary/aromatic N) is 1. The maximum atomic E-state index is 5.49. The van der Waals surface area contributed by atoms with Crippen molar-refractivity contribution in [3.8, 4) is 0 Å². The Morgan fingerprint density at radius 2 is 2.00 bits per heavy atom. The Hall–Kier alpha value is -0.570. The minimum atomic E-state index is -0.422. The highest BCUT2D eigenvalue weighted by Gasteiger charge is 2.20. The van der Waals surface area contributed by atoms with Gasteiger partial charge in [0.15, 0.2) is 0 Å². The van der Waals surface area contributed by atoms with Crippen LogP contribution in [0.1, 0.15) is 13.8 Å². The van der Waals surface area contributed by atoms with Crippen LogP contribution in [-0.4, -0.2) is 25.6 Å². The van der Waals surface area contributed by atoms with Gasteiger partial charge in [0.2, 0.25) is 0 Å². The van der Waals surface area contributed by atoms with Crippen LogP contribution < -0.4 is 5.73 Å². The number of hydrogen-bond donors (Lipinski definition) is 1. The van der Waals surface area contributed by atoms with E-state index in [1.54, 1.807) is 14.2 Å². The van der Waals surface area contributed by atoms with Crippen molar-refractivity contribution in [3.63, 3.8) is 0 Å². The molecule has 2 N–H and O–H groups in total. The van der Waals surface area contributed by atoms with Crippen LogP contribution in [-0.2, 0) is 4.74 Å². The molecule has 0 spiro atoms. The maximum Gasteiger partial charge on any atom is 0.125 e. The first kappa shape index (κ1) is 8.43. The molecule has 0 fully saturated rings. The molecule has 0 unspecified atom stereocenters. The molecule has 0 saturated carbocycles. The standard InChI is InChI=1S/C6H14N2O/c1-6(2,9-4)5(7)8-3/h1-4H3,(H2,7,8). The fraction of sp³-hybridized carbons (Fsp3) is 0.833. The lowest BCUT2D eigenvalue weighted by Crippen LogP contribution is -2.39. The van der Waals surface area contributed by atoms with Crippen LogP contribution in [0.2, 0.25) is 0 Å². The molecular weight excluding hydrogens is 116 g/mol. The van der Waals surface area contributed by atoms with Gasteiger partial charge in [-0.3, -0.25) is 4.99 Å². The number of ether oxygens (including phenoxy) is 1. The molecule has 0 aliphatic carbocycles. The lowest BCUT2D eigenvalue weighted by atomic mass is 10.1. The SMILES string of the molecule is CN=C(N)C(C)(C)OC. The normalized spacial score (nSPS) is 14.0. The number of hydrogen-bond acceptors (Lipinski definition) is 2. The molecular formula is C6H14N2O. The molecule has 0 radical (unpaired) electrons. The second kappa shape index (κ2) is 2.82. The third kappa shape index (κ3) is 2.01. The lowest BCUT2D eigenvalue weighted by molar-refractivity contribution is 0.0817. The molecule has 3 heteroatoms. The summed E-state index contributed by atoms with van der Waals surface area (Å²) in [5, 5.41) is 0. The van der Waals surface area contributed by atoms with Gasteiger partial charge in [0, 0.05) is 14.2 Å². The van der Waals surface area contributed by atoms with Gasteiger partial charge in [-0.1, -0.05) is 0 Å². The monoisotopic (exact) mass is 130 g/mol. The summed E-state index contributed by atoms with van der Waals surface area (Å²) in [5.74, 6) is 0.519. The summed E-state index contributed by atoms with van der Waals surface area (Å²) in [6.45, 7) is 3.74. The molecule has 0 saturated heterocycles. The van der Waals surface area contributed by atoms with Crippen LogP contribution in [0.25, 0.3) is 0 Å². The van der Waals surface area contributed by atoms with Crippen molar-refractivity contribution in [3.05, 3.63) is 0 Å². The minimum absolute atomic E-state index is 0.422. The van der Waals surface area contributed by atoms with Gasteiger partial charge in [0.25, 0.3) is 0 Å². The van der Waals surface area contributed by atoms with Gasteiger partial charge in [0.1, 0.15) is 11.4 Å². The van der Waals surface area contributed by atoms with Crippen molar-refractivity contribution in [2.24, 2.45) is 10.7 Å². The zero-order valence-electron chi connectivity index (χ0n) is 6.43. The highest BCUT2D eigenvalue weighted by atomic mass is 16.5. The zero-order valence-corrected chi connectivity index (χ0v) is 6.43. The van der Waals surface area contributed by atoms with Crippen LogP contribution in [0.3, 0.4) is 0 Å². The van der Waals surface area contributed by atoms with E-state index in [0.29, 0.717) is 5.84 Å². The molecule has 0 aromatic rings. The van der Waals surface area contributed by atoms with E-state index in [4.69, 9.17) is 10.5 Å². The fourth-order valence-corrected chi connectivity index (χ4v) is 0.374. The third-order valence-corrected chi connectivity index (χ3v) is 1.37. The molecule has 9 heavy (non-hydrogen) atoms. The van der Waals surface area contributed by atoms with Crippen LogP contribution in [0, 0.1) is 0 Å². The van der Waals surface area contributed by atoms with E-state index in [0.717, 1.165) is 0 Å². The van der Waals surface area contributed by atoms with Crippen molar-refractivity contribution >= 4 is 5.84 Å². The molecule has 0 aliphatic rings. The Balaban J connectivity index is 4.14. The van der Waals surface area contributed by atoms with E-state index < -0.39 is 5.60 Å². The topological polar surface area (TPSA) is 47.6 Å². The lowest BCUT2D eigenvalue weighted by Gasteiger charge is -2.21. The van der Waals surface area contributed by atoms with Crippen LogP contribution in [0.5, 0.6) is 0 Å². The van der Waals surface area contributed by atoms with Gasteiger partial charge in [-0.25, -0.2) is 0 Å². The first-order chi connectivity index (χ1) is 4.04. The van der Waals surface area contributed by atoms with Gasteiger partial charge < -0.3 is 10.5 Å².